The molecule has 0 spiro atoms. The molecule has 0 saturated carbocycles. The Morgan fingerprint density at radius 2 is 1.78 bits per heavy atom. The van der Waals surface area contributed by atoms with Gasteiger partial charge >= 0.3 is 6.18 Å². The molecule has 1 radical (unpaired) electrons. The van der Waals surface area contributed by atoms with Crippen molar-refractivity contribution in [3.8, 4) is 0 Å². The Morgan fingerprint density at radius 1 is 1.04 bits per heavy atom. The van der Waals surface area contributed by atoms with Crippen molar-refractivity contribution < 1.29 is 13.2 Å². The SMILES string of the molecule is CN(Cc1ccc(C(F)(F)F)cc1)c1ccc2c(c1)C[N]CC2. The Bertz CT molecular complexity index is 678. The summed E-state index contributed by atoms with van der Waals surface area (Å²) in [7, 11) is 1.94. The van der Waals surface area contributed by atoms with Gasteiger partial charge in [-0.2, -0.15) is 13.2 Å². The number of rotatable bonds is 3. The van der Waals surface area contributed by atoms with Crippen molar-refractivity contribution in [2.45, 2.75) is 25.7 Å². The van der Waals surface area contributed by atoms with Crippen LogP contribution in [0.15, 0.2) is 42.5 Å². The Labute approximate surface area is 133 Å². The number of benzene rings is 2. The molecule has 0 N–H and O–H groups in total. The average Bonchev–Trinajstić information content (AvgIpc) is 2.54. The zero-order chi connectivity index (χ0) is 16.4. The van der Waals surface area contributed by atoms with Gasteiger partial charge in [-0.1, -0.05) is 18.2 Å². The second-order valence-electron chi connectivity index (χ2n) is 5.86. The van der Waals surface area contributed by atoms with Crippen molar-refractivity contribution in [3.63, 3.8) is 0 Å². The number of nitrogens with zero attached hydrogens (tertiary/aromatic N) is 2. The van der Waals surface area contributed by atoms with Gasteiger partial charge in [-0.3, -0.25) is 0 Å². The fourth-order valence-corrected chi connectivity index (χ4v) is 2.80. The minimum atomic E-state index is -4.29. The van der Waals surface area contributed by atoms with Gasteiger partial charge in [-0.05, 0) is 47.4 Å². The van der Waals surface area contributed by atoms with E-state index in [1.807, 2.05) is 11.9 Å². The van der Waals surface area contributed by atoms with Crippen LogP contribution in [0.2, 0.25) is 0 Å². The van der Waals surface area contributed by atoms with Gasteiger partial charge in [0.2, 0.25) is 0 Å². The minimum Gasteiger partial charge on any atom is -0.370 e. The van der Waals surface area contributed by atoms with Gasteiger partial charge in [-0.15, -0.1) is 0 Å². The lowest BCUT2D eigenvalue weighted by atomic mass is 10.00. The molecule has 0 aromatic heterocycles. The predicted octanol–water partition coefficient (Wildman–Crippen LogP) is 4.00. The second-order valence-corrected chi connectivity index (χ2v) is 5.86. The van der Waals surface area contributed by atoms with Gasteiger partial charge in [0.05, 0.1) is 5.56 Å². The second kappa shape index (κ2) is 6.24. The number of fused-ring (bicyclic) bond motifs is 1. The number of hydrogen-bond donors (Lipinski definition) is 0. The number of anilines is 1. The van der Waals surface area contributed by atoms with E-state index in [0.717, 1.165) is 42.9 Å². The van der Waals surface area contributed by atoms with Crippen LogP contribution in [0.1, 0.15) is 22.3 Å². The molecule has 5 heteroatoms. The van der Waals surface area contributed by atoms with Crippen LogP contribution in [-0.4, -0.2) is 13.6 Å². The fraction of sp³-hybridized carbons (Fsp3) is 0.333. The van der Waals surface area contributed by atoms with Gasteiger partial charge in [0, 0.05) is 32.4 Å². The minimum absolute atomic E-state index is 0.564. The third-order valence-electron chi connectivity index (χ3n) is 4.15. The van der Waals surface area contributed by atoms with Crippen LogP contribution in [0.25, 0.3) is 0 Å². The summed E-state index contributed by atoms with van der Waals surface area (Å²) in [5, 5.41) is 4.41. The third kappa shape index (κ3) is 3.67. The van der Waals surface area contributed by atoms with Gasteiger partial charge < -0.3 is 4.90 Å². The zero-order valence-corrected chi connectivity index (χ0v) is 12.9. The summed E-state index contributed by atoms with van der Waals surface area (Å²) in [5.41, 5.74) is 3.88. The number of alkyl halides is 3. The molecule has 1 aliphatic rings. The van der Waals surface area contributed by atoms with Crippen molar-refractivity contribution in [1.29, 1.82) is 0 Å². The normalized spacial score (nSPS) is 14.4. The molecule has 3 rings (SSSR count). The van der Waals surface area contributed by atoms with E-state index in [4.69, 9.17) is 0 Å². The Morgan fingerprint density at radius 3 is 2.48 bits per heavy atom. The first-order valence-corrected chi connectivity index (χ1v) is 7.56. The van der Waals surface area contributed by atoms with Gasteiger partial charge in [0.1, 0.15) is 0 Å². The largest absolute Gasteiger partial charge is 0.416 e. The Balaban J connectivity index is 1.72. The first-order valence-electron chi connectivity index (χ1n) is 7.56. The quantitative estimate of drug-likeness (QED) is 0.836. The van der Waals surface area contributed by atoms with E-state index < -0.39 is 11.7 Å². The summed E-state index contributed by atoms with van der Waals surface area (Å²) in [6.07, 6.45) is -3.30. The predicted molar refractivity (Wildman–Crippen MR) is 84.4 cm³/mol. The van der Waals surface area contributed by atoms with E-state index in [1.165, 1.54) is 23.3 Å². The third-order valence-corrected chi connectivity index (χ3v) is 4.15. The Kier molecular flexibility index (Phi) is 4.31. The Hall–Kier alpha value is -2.01. The maximum Gasteiger partial charge on any atom is 0.416 e. The summed E-state index contributed by atoms with van der Waals surface area (Å²) in [6.45, 7) is 2.19. The smallest absolute Gasteiger partial charge is 0.370 e. The highest BCUT2D eigenvalue weighted by atomic mass is 19.4. The molecule has 23 heavy (non-hydrogen) atoms. The highest BCUT2D eigenvalue weighted by Crippen LogP contribution is 2.29. The topological polar surface area (TPSA) is 17.3 Å². The monoisotopic (exact) mass is 319 g/mol. The van der Waals surface area contributed by atoms with Crippen molar-refractivity contribution in [2.75, 3.05) is 18.5 Å². The van der Waals surface area contributed by atoms with E-state index in [-0.39, 0.29) is 0 Å². The molecule has 1 aliphatic heterocycles. The van der Waals surface area contributed by atoms with Crippen LogP contribution in [0.4, 0.5) is 18.9 Å². The highest BCUT2D eigenvalue weighted by Gasteiger charge is 2.29. The molecule has 0 amide bonds. The molecule has 1 heterocycles. The van der Waals surface area contributed by atoms with Gasteiger partial charge in [0.15, 0.2) is 0 Å². The summed E-state index contributed by atoms with van der Waals surface area (Å²) in [5.74, 6) is 0. The molecule has 0 bridgehead atoms. The van der Waals surface area contributed by atoms with Crippen molar-refractivity contribution in [3.05, 3.63) is 64.7 Å². The summed E-state index contributed by atoms with van der Waals surface area (Å²) >= 11 is 0. The molecule has 0 unspecified atom stereocenters. The molecular weight excluding hydrogens is 301 g/mol. The molecule has 121 valence electrons. The summed E-state index contributed by atoms with van der Waals surface area (Å²) in [6, 6.07) is 11.7. The molecular formula is C18H18F3N2. The number of hydrogen-bond acceptors (Lipinski definition) is 1. The molecule has 2 aromatic carbocycles. The fourth-order valence-electron chi connectivity index (χ4n) is 2.80. The zero-order valence-electron chi connectivity index (χ0n) is 12.9. The van der Waals surface area contributed by atoms with E-state index >= 15 is 0 Å². The van der Waals surface area contributed by atoms with Crippen molar-refractivity contribution >= 4 is 5.69 Å². The molecule has 0 fully saturated rings. The first kappa shape index (κ1) is 15.9. The van der Waals surface area contributed by atoms with Crippen LogP contribution in [0.5, 0.6) is 0 Å². The van der Waals surface area contributed by atoms with Crippen LogP contribution in [-0.2, 0) is 25.7 Å². The standard InChI is InChI=1S/C18H18F3N2/c1-23(12-13-2-5-16(6-3-13)18(19,20)21)17-7-4-14-8-9-22-11-15(14)10-17/h2-7,10H,8-9,11-12H2,1H3. The maximum atomic E-state index is 12.6. The van der Waals surface area contributed by atoms with Crippen LogP contribution in [0.3, 0.4) is 0 Å². The van der Waals surface area contributed by atoms with Gasteiger partial charge in [-0.25, -0.2) is 5.32 Å². The molecule has 2 aromatic rings. The van der Waals surface area contributed by atoms with Crippen LogP contribution >= 0.6 is 0 Å². The maximum absolute atomic E-state index is 12.6. The van der Waals surface area contributed by atoms with E-state index in [9.17, 15) is 13.2 Å². The van der Waals surface area contributed by atoms with E-state index in [1.54, 1.807) is 0 Å². The number of halogens is 3. The molecule has 0 saturated heterocycles. The molecule has 0 atom stereocenters. The lowest BCUT2D eigenvalue weighted by Gasteiger charge is -2.23. The summed E-state index contributed by atoms with van der Waals surface area (Å²) < 4.78 is 37.8. The average molecular weight is 319 g/mol. The molecule has 0 aliphatic carbocycles. The van der Waals surface area contributed by atoms with E-state index in [0.29, 0.717) is 6.54 Å². The lowest BCUT2D eigenvalue weighted by molar-refractivity contribution is -0.137. The first-order chi connectivity index (χ1) is 10.9. The van der Waals surface area contributed by atoms with Gasteiger partial charge in [0.25, 0.3) is 0 Å². The van der Waals surface area contributed by atoms with Crippen LogP contribution in [0, 0.1) is 0 Å². The van der Waals surface area contributed by atoms with Crippen LogP contribution < -0.4 is 10.2 Å². The highest BCUT2D eigenvalue weighted by molar-refractivity contribution is 5.51. The van der Waals surface area contributed by atoms with E-state index in [2.05, 4.69) is 23.5 Å². The summed E-state index contributed by atoms with van der Waals surface area (Å²) in [4.78, 5) is 2.04. The van der Waals surface area contributed by atoms with Crippen molar-refractivity contribution in [1.82, 2.24) is 5.32 Å². The van der Waals surface area contributed by atoms with Crippen molar-refractivity contribution in [2.24, 2.45) is 0 Å². The molecule has 2 nitrogen and oxygen atoms in total. The lowest BCUT2D eigenvalue weighted by Crippen LogP contribution is -2.20.